The Kier molecular flexibility index (Phi) is 5.41. The van der Waals surface area contributed by atoms with Gasteiger partial charge in [-0.1, -0.05) is 37.5 Å². The van der Waals surface area contributed by atoms with Crippen LogP contribution in [0.3, 0.4) is 0 Å². The molecule has 2 heteroatoms. The topological polar surface area (TPSA) is 32.3 Å². The Balaban J connectivity index is 1.76. The van der Waals surface area contributed by atoms with Gasteiger partial charge in [-0.05, 0) is 56.3 Å². The van der Waals surface area contributed by atoms with Crippen LogP contribution in [0.5, 0.6) is 0 Å². The third-order valence-corrected chi connectivity index (χ3v) is 4.37. The molecule has 0 radical (unpaired) electrons. The molecule has 0 spiro atoms. The molecule has 2 rings (SSSR count). The normalized spacial score (nSPS) is 18.5. The van der Waals surface area contributed by atoms with Crippen molar-refractivity contribution < 1.29 is 5.11 Å². The highest BCUT2D eigenvalue weighted by atomic mass is 16.3. The molecule has 1 saturated carbocycles. The van der Waals surface area contributed by atoms with Gasteiger partial charge in [0, 0.05) is 6.04 Å². The standard InChI is InChI=1S/C17H27NO/c1-13-8-9-15(12-14(13)2)17(19)10-11-18-16-6-4-3-5-7-16/h8-9,12,16-19H,3-7,10-11H2,1-2H3. The smallest absolute Gasteiger partial charge is 0.0802 e. The van der Waals surface area contributed by atoms with Crippen molar-refractivity contribution in [2.75, 3.05) is 6.54 Å². The minimum atomic E-state index is -0.338. The molecule has 0 bridgehead atoms. The van der Waals surface area contributed by atoms with E-state index in [-0.39, 0.29) is 6.10 Å². The van der Waals surface area contributed by atoms with E-state index in [4.69, 9.17) is 0 Å². The minimum Gasteiger partial charge on any atom is -0.388 e. The molecule has 0 heterocycles. The summed E-state index contributed by atoms with van der Waals surface area (Å²) in [4.78, 5) is 0. The number of hydrogen-bond donors (Lipinski definition) is 2. The van der Waals surface area contributed by atoms with Crippen LogP contribution in [-0.4, -0.2) is 17.7 Å². The van der Waals surface area contributed by atoms with Gasteiger partial charge >= 0.3 is 0 Å². The lowest BCUT2D eigenvalue weighted by Crippen LogP contribution is -2.32. The zero-order valence-electron chi connectivity index (χ0n) is 12.3. The second-order valence-corrected chi connectivity index (χ2v) is 5.94. The first-order chi connectivity index (χ1) is 9.16. The van der Waals surface area contributed by atoms with Crippen LogP contribution in [0, 0.1) is 13.8 Å². The van der Waals surface area contributed by atoms with Gasteiger partial charge in [-0.3, -0.25) is 0 Å². The minimum absolute atomic E-state index is 0.338. The van der Waals surface area contributed by atoms with Crippen LogP contribution in [-0.2, 0) is 0 Å². The number of benzene rings is 1. The first kappa shape index (κ1) is 14.5. The SMILES string of the molecule is Cc1ccc(C(O)CCNC2CCCCC2)cc1C. The van der Waals surface area contributed by atoms with Crippen LogP contribution in [0.1, 0.15) is 61.3 Å². The highest BCUT2D eigenvalue weighted by Gasteiger charge is 2.13. The quantitative estimate of drug-likeness (QED) is 0.848. The number of aliphatic hydroxyl groups excluding tert-OH is 1. The molecule has 1 atom stereocenters. The number of aliphatic hydroxyl groups is 1. The Morgan fingerprint density at radius 2 is 1.89 bits per heavy atom. The van der Waals surface area contributed by atoms with Crippen molar-refractivity contribution in [1.29, 1.82) is 0 Å². The van der Waals surface area contributed by atoms with E-state index in [2.05, 4.69) is 31.3 Å². The molecule has 19 heavy (non-hydrogen) atoms. The van der Waals surface area contributed by atoms with Crippen molar-refractivity contribution in [3.8, 4) is 0 Å². The fraction of sp³-hybridized carbons (Fsp3) is 0.647. The lowest BCUT2D eigenvalue weighted by atomic mass is 9.95. The average molecular weight is 261 g/mol. The maximum absolute atomic E-state index is 10.2. The van der Waals surface area contributed by atoms with Crippen molar-refractivity contribution in [3.05, 3.63) is 34.9 Å². The monoisotopic (exact) mass is 261 g/mol. The van der Waals surface area contributed by atoms with E-state index in [0.717, 1.165) is 18.5 Å². The van der Waals surface area contributed by atoms with Gasteiger partial charge in [0.1, 0.15) is 0 Å². The Morgan fingerprint density at radius 1 is 1.16 bits per heavy atom. The molecule has 2 nitrogen and oxygen atoms in total. The van der Waals surface area contributed by atoms with Crippen molar-refractivity contribution in [2.45, 2.75) is 64.5 Å². The summed E-state index contributed by atoms with van der Waals surface area (Å²) in [7, 11) is 0. The molecule has 1 aromatic carbocycles. The van der Waals surface area contributed by atoms with Crippen LogP contribution >= 0.6 is 0 Å². The molecule has 1 aliphatic carbocycles. The van der Waals surface area contributed by atoms with Crippen molar-refractivity contribution in [3.63, 3.8) is 0 Å². The van der Waals surface area contributed by atoms with E-state index < -0.39 is 0 Å². The Hall–Kier alpha value is -0.860. The van der Waals surface area contributed by atoms with E-state index in [1.165, 1.54) is 43.2 Å². The van der Waals surface area contributed by atoms with Crippen molar-refractivity contribution in [1.82, 2.24) is 5.32 Å². The summed E-state index contributed by atoms with van der Waals surface area (Å²) in [6.45, 7) is 5.13. The molecular weight excluding hydrogens is 234 g/mol. The zero-order chi connectivity index (χ0) is 13.7. The van der Waals surface area contributed by atoms with Gasteiger partial charge < -0.3 is 10.4 Å². The van der Waals surface area contributed by atoms with Crippen LogP contribution in [0.4, 0.5) is 0 Å². The molecule has 106 valence electrons. The van der Waals surface area contributed by atoms with Gasteiger partial charge in [0.15, 0.2) is 0 Å². The number of rotatable bonds is 5. The third kappa shape index (κ3) is 4.32. The van der Waals surface area contributed by atoms with Gasteiger partial charge in [-0.25, -0.2) is 0 Å². The van der Waals surface area contributed by atoms with Crippen LogP contribution in [0.25, 0.3) is 0 Å². The fourth-order valence-electron chi connectivity index (χ4n) is 2.87. The van der Waals surface area contributed by atoms with Crippen LogP contribution in [0.15, 0.2) is 18.2 Å². The van der Waals surface area contributed by atoms with Gasteiger partial charge in [-0.15, -0.1) is 0 Å². The molecule has 1 aliphatic rings. The summed E-state index contributed by atoms with van der Waals surface area (Å²) in [5, 5.41) is 13.8. The number of hydrogen-bond acceptors (Lipinski definition) is 2. The lowest BCUT2D eigenvalue weighted by molar-refractivity contribution is 0.164. The molecule has 1 aromatic rings. The molecule has 0 aromatic heterocycles. The summed E-state index contributed by atoms with van der Waals surface area (Å²) >= 11 is 0. The largest absolute Gasteiger partial charge is 0.388 e. The zero-order valence-corrected chi connectivity index (χ0v) is 12.3. The maximum Gasteiger partial charge on any atom is 0.0802 e. The highest BCUT2D eigenvalue weighted by Crippen LogP contribution is 2.20. The summed E-state index contributed by atoms with van der Waals surface area (Å²) < 4.78 is 0. The second kappa shape index (κ2) is 7.06. The van der Waals surface area contributed by atoms with Crippen LogP contribution in [0.2, 0.25) is 0 Å². The molecular formula is C17H27NO. The Bertz CT molecular complexity index is 396. The molecule has 1 fully saturated rings. The summed E-state index contributed by atoms with van der Waals surface area (Å²) in [5.74, 6) is 0. The second-order valence-electron chi connectivity index (χ2n) is 5.94. The van der Waals surface area contributed by atoms with Gasteiger partial charge in [0.05, 0.1) is 6.10 Å². The fourth-order valence-corrected chi connectivity index (χ4v) is 2.87. The van der Waals surface area contributed by atoms with E-state index in [0.29, 0.717) is 6.04 Å². The van der Waals surface area contributed by atoms with E-state index in [1.54, 1.807) is 0 Å². The van der Waals surface area contributed by atoms with E-state index in [1.807, 2.05) is 6.07 Å². The van der Waals surface area contributed by atoms with Gasteiger partial charge in [0.2, 0.25) is 0 Å². The van der Waals surface area contributed by atoms with Crippen LogP contribution < -0.4 is 5.32 Å². The third-order valence-electron chi connectivity index (χ3n) is 4.37. The number of aryl methyl sites for hydroxylation is 2. The summed E-state index contributed by atoms with van der Waals surface area (Å²) in [6.07, 6.45) is 7.19. The highest BCUT2D eigenvalue weighted by molar-refractivity contribution is 5.31. The number of nitrogens with one attached hydrogen (secondary N) is 1. The first-order valence-electron chi connectivity index (χ1n) is 7.65. The van der Waals surface area contributed by atoms with Crippen molar-refractivity contribution >= 4 is 0 Å². The maximum atomic E-state index is 10.2. The van der Waals surface area contributed by atoms with Gasteiger partial charge in [-0.2, -0.15) is 0 Å². The Morgan fingerprint density at radius 3 is 2.58 bits per heavy atom. The Labute approximate surface area is 117 Å². The van der Waals surface area contributed by atoms with E-state index >= 15 is 0 Å². The summed E-state index contributed by atoms with van der Waals surface area (Å²) in [6, 6.07) is 6.94. The summed E-state index contributed by atoms with van der Waals surface area (Å²) in [5.41, 5.74) is 3.60. The predicted molar refractivity (Wildman–Crippen MR) is 80.4 cm³/mol. The first-order valence-corrected chi connectivity index (χ1v) is 7.65. The molecule has 2 N–H and O–H groups in total. The molecule has 0 aliphatic heterocycles. The average Bonchev–Trinajstić information content (AvgIpc) is 2.43. The molecule has 0 saturated heterocycles. The molecule has 1 unspecified atom stereocenters. The van der Waals surface area contributed by atoms with E-state index in [9.17, 15) is 5.11 Å². The lowest BCUT2D eigenvalue weighted by Gasteiger charge is -2.23. The van der Waals surface area contributed by atoms with Crippen molar-refractivity contribution in [2.24, 2.45) is 0 Å². The van der Waals surface area contributed by atoms with Gasteiger partial charge in [0.25, 0.3) is 0 Å². The predicted octanol–water partition coefficient (Wildman–Crippen LogP) is 3.65. The molecule has 0 amide bonds.